The van der Waals surface area contributed by atoms with Crippen LogP contribution in [-0.4, -0.2) is 0 Å². The molecule has 0 N–H and O–H groups in total. The Labute approximate surface area is 128 Å². The molecule has 0 radical (unpaired) electrons. The topological polar surface area (TPSA) is 0 Å². The highest BCUT2D eigenvalue weighted by Crippen LogP contribution is 2.43. The van der Waals surface area contributed by atoms with Crippen LogP contribution in [0.3, 0.4) is 0 Å². The van der Waals surface area contributed by atoms with Gasteiger partial charge in [-0.2, -0.15) is 0 Å². The van der Waals surface area contributed by atoms with Crippen molar-refractivity contribution in [1.82, 2.24) is 0 Å². The lowest BCUT2D eigenvalue weighted by Gasteiger charge is -2.11. The predicted octanol–water partition coefficient (Wildman–Crippen LogP) is 6.62. The minimum Gasteiger partial charge on any atom is -0.0842 e. The van der Waals surface area contributed by atoms with Crippen LogP contribution in [-0.2, 0) is 0 Å². The SMILES string of the molecule is [2H]c1c([2H])c(Cl)c(-c2c(Cl)cc(Cl)cc2Cl)c(Cl)c1[2H]. The van der Waals surface area contributed by atoms with Crippen molar-refractivity contribution in [2.75, 3.05) is 0 Å². The molecule has 2 rings (SSSR count). The highest BCUT2D eigenvalue weighted by atomic mass is 35.5. The predicted molar refractivity (Wildman–Crippen MR) is 76.9 cm³/mol. The maximum Gasteiger partial charge on any atom is 0.0639 e. The summed E-state index contributed by atoms with van der Waals surface area (Å²) in [5.74, 6) is 0. The minimum atomic E-state index is -0.357. The van der Waals surface area contributed by atoms with Gasteiger partial charge in [-0.3, -0.25) is 0 Å². The highest BCUT2D eigenvalue weighted by Gasteiger charge is 2.15. The van der Waals surface area contributed by atoms with Gasteiger partial charge < -0.3 is 0 Å². The molecule has 88 valence electrons. The number of benzene rings is 2. The molecule has 2 aromatic carbocycles. The van der Waals surface area contributed by atoms with E-state index >= 15 is 0 Å². The molecule has 0 aliphatic heterocycles. The minimum absolute atomic E-state index is 0.0814. The summed E-state index contributed by atoms with van der Waals surface area (Å²) in [4.78, 5) is 0. The van der Waals surface area contributed by atoms with Crippen molar-refractivity contribution in [2.45, 2.75) is 0 Å². The molecule has 0 aromatic heterocycles. The fraction of sp³-hybridized carbons (Fsp3) is 0. The van der Waals surface area contributed by atoms with Crippen molar-refractivity contribution < 1.29 is 4.11 Å². The lowest BCUT2D eigenvalue weighted by molar-refractivity contribution is 1.61. The molecule has 0 aliphatic rings. The first-order valence-corrected chi connectivity index (χ1v) is 6.24. The number of hydrogen-bond donors (Lipinski definition) is 0. The van der Waals surface area contributed by atoms with E-state index in [1.165, 1.54) is 12.1 Å². The van der Waals surface area contributed by atoms with E-state index in [1.54, 1.807) is 0 Å². The third-order valence-electron chi connectivity index (χ3n) is 2.04. The fourth-order valence-electron chi connectivity index (χ4n) is 1.36. The molecule has 17 heavy (non-hydrogen) atoms. The summed E-state index contributed by atoms with van der Waals surface area (Å²) in [6, 6.07) is 1.94. The molecule has 0 fully saturated rings. The van der Waals surface area contributed by atoms with Crippen molar-refractivity contribution in [2.24, 2.45) is 0 Å². The molecular formula is C12H5Cl5. The molecule has 0 spiro atoms. The lowest BCUT2D eigenvalue weighted by atomic mass is 10.1. The summed E-state index contributed by atoms with van der Waals surface area (Å²) in [6.07, 6.45) is 0. The van der Waals surface area contributed by atoms with Crippen molar-refractivity contribution in [1.29, 1.82) is 0 Å². The Balaban J connectivity index is 2.91. The smallest absolute Gasteiger partial charge is 0.0639 e. The first-order valence-electron chi connectivity index (χ1n) is 5.85. The average molecular weight is 329 g/mol. The summed E-state index contributed by atoms with van der Waals surface area (Å²) in [6.45, 7) is 0. The van der Waals surface area contributed by atoms with Crippen LogP contribution in [0.4, 0.5) is 0 Å². The van der Waals surface area contributed by atoms with Crippen LogP contribution in [0, 0.1) is 0 Å². The van der Waals surface area contributed by atoms with Gasteiger partial charge in [0.05, 0.1) is 14.2 Å². The Hall–Kier alpha value is -0.110. The quantitative estimate of drug-likeness (QED) is 0.551. The summed E-state index contributed by atoms with van der Waals surface area (Å²) < 4.78 is 23.1. The Morgan fingerprint density at radius 1 is 0.706 bits per heavy atom. The van der Waals surface area contributed by atoms with Gasteiger partial charge in [0.25, 0.3) is 0 Å². The molecule has 0 aliphatic carbocycles. The maximum absolute atomic E-state index is 7.74. The van der Waals surface area contributed by atoms with Crippen LogP contribution in [0.1, 0.15) is 4.11 Å². The molecule has 0 saturated heterocycles. The zero-order valence-corrected chi connectivity index (χ0v) is 11.8. The lowest BCUT2D eigenvalue weighted by Crippen LogP contribution is -1.85. The molecule has 2 aromatic rings. The average Bonchev–Trinajstić information content (AvgIpc) is 2.37. The zero-order valence-electron chi connectivity index (χ0n) is 11.0. The van der Waals surface area contributed by atoms with Gasteiger partial charge in [-0.05, 0) is 24.2 Å². The van der Waals surface area contributed by atoms with E-state index in [4.69, 9.17) is 62.1 Å². The van der Waals surface area contributed by atoms with Crippen molar-refractivity contribution in [3.05, 3.63) is 55.4 Å². The Morgan fingerprint density at radius 3 is 1.59 bits per heavy atom. The molecule has 5 heteroatoms. The van der Waals surface area contributed by atoms with Gasteiger partial charge in [0.15, 0.2) is 0 Å². The zero-order chi connectivity index (χ0) is 15.2. The van der Waals surface area contributed by atoms with E-state index in [0.29, 0.717) is 5.02 Å². The summed E-state index contributed by atoms with van der Waals surface area (Å²) in [5.41, 5.74) is 0.445. The van der Waals surface area contributed by atoms with Gasteiger partial charge >= 0.3 is 0 Å². The number of halogens is 5. The molecule has 0 unspecified atom stereocenters. The van der Waals surface area contributed by atoms with E-state index in [1.807, 2.05) is 0 Å². The molecule has 0 atom stereocenters. The number of hydrogen-bond acceptors (Lipinski definition) is 0. The van der Waals surface area contributed by atoms with E-state index < -0.39 is 0 Å². The monoisotopic (exact) mass is 327 g/mol. The van der Waals surface area contributed by atoms with Crippen molar-refractivity contribution >= 4 is 58.0 Å². The van der Waals surface area contributed by atoms with Crippen LogP contribution in [0.25, 0.3) is 11.1 Å². The van der Waals surface area contributed by atoms with Gasteiger partial charge in [0.2, 0.25) is 0 Å². The second kappa shape index (κ2) is 5.26. The van der Waals surface area contributed by atoms with Crippen molar-refractivity contribution in [3.63, 3.8) is 0 Å². The number of rotatable bonds is 1. The summed E-state index contributed by atoms with van der Waals surface area (Å²) in [5, 5.41) is 0.570. The third kappa shape index (κ3) is 2.67. The second-order valence-corrected chi connectivity index (χ2v) is 5.13. The molecule has 0 amide bonds. The molecule has 0 saturated carbocycles. The van der Waals surface area contributed by atoms with Crippen LogP contribution in [0.15, 0.2) is 30.3 Å². The Kier molecular flexibility index (Phi) is 3.02. The van der Waals surface area contributed by atoms with Gasteiger partial charge in [-0.1, -0.05) is 64.0 Å². The van der Waals surface area contributed by atoms with Crippen LogP contribution in [0.5, 0.6) is 0 Å². The van der Waals surface area contributed by atoms with Gasteiger partial charge in [0.1, 0.15) is 0 Å². The summed E-state index contributed by atoms with van der Waals surface area (Å²) >= 11 is 30.2. The van der Waals surface area contributed by atoms with Gasteiger partial charge in [-0.15, -0.1) is 0 Å². The summed E-state index contributed by atoms with van der Waals surface area (Å²) in [7, 11) is 0. The normalized spacial score (nSPS) is 13.1. The van der Waals surface area contributed by atoms with E-state index in [0.717, 1.165) is 0 Å². The largest absolute Gasteiger partial charge is 0.0842 e. The van der Waals surface area contributed by atoms with Gasteiger partial charge in [-0.25, -0.2) is 0 Å². The third-order valence-corrected chi connectivity index (χ3v) is 3.42. The van der Waals surface area contributed by atoms with Crippen LogP contribution in [0.2, 0.25) is 25.1 Å². The Bertz CT molecular complexity index is 663. The molecular weight excluding hydrogens is 321 g/mol. The van der Waals surface area contributed by atoms with Crippen LogP contribution < -0.4 is 0 Å². The molecule has 0 nitrogen and oxygen atoms in total. The Morgan fingerprint density at radius 2 is 1.12 bits per heavy atom. The van der Waals surface area contributed by atoms with Gasteiger partial charge in [0, 0.05) is 26.2 Å². The van der Waals surface area contributed by atoms with E-state index in [2.05, 4.69) is 0 Å². The van der Waals surface area contributed by atoms with Crippen molar-refractivity contribution in [3.8, 4) is 11.1 Å². The highest BCUT2D eigenvalue weighted by molar-refractivity contribution is 6.45. The fourth-order valence-corrected chi connectivity index (χ4v) is 2.89. The maximum atomic E-state index is 7.74. The molecule has 0 bridgehead atoms. The first kappa shape index (κ1) is 9.77. The first-order chi connectivity index (χ1) is 9.25. The molecule has 0 heterocycles. The van der Waals surface area contributed by atoms with Crippen LogP contribution >= 0.6 is 58.0 Å². The second-order valence-electron chi connectivity index (χ2n) is 3.12. The van der Waals surface area contributed by atoms with E-state index in [9.17, 15) is 0 Å². The standard InChI is InChI=1S/C12H5Cl5/c13-6-4-9(16)12(10(17)5-6)11-7(14)2-1-3-8(11)15/h1-5H/i1D,2D,3D. The van der Waals surface area contributed by atoms with E-state index in [-0.39, 0.29) is 49.3 Å².